The zero-order valence-corrected chi connectivity index (χ0v) is 11.9. The van der Waals surface area contributed by atoms with E-state index in [0.29, 0.717) is 11.3 Å². The van der Waals surface area contributed by atoms with Crippen molar-refractivity contribution in [1.82, 2.24) is 0 Å². The van der Waals surface area contributed by atoms with Crippen LogP contribution in [0.15, 0.2) is 36.4 Å². The quantitative estimate of drug-likeness (QED) is 0.830. The highest BCUT2D eigenvalue weighted by Crippen LogP contribution is 2.19. The summed E-state index contributed by atoms with van der Waals surface area (Å²) in [6.45, 7) is 0.0457. The van der Waals surface area contributed by atoms with E-state index in [1.54, 1.807) is 24.3 Å². The Bertz CT molecular complexity index is 754. The van der Waals surface area contributed by atoms with Crippen molar-refractivity contribution >= 4 is 17.3 Å². The minimum atomic E-state index is -1.56. The van der Waals surface area contributed by atoms with Gasteiger partial charge in [-0.2, -0.15) is 5.26 Å². The molecule has 2 N–H and O–H groups in total. The van der Waals surface area contributed by atoms with E-state index in [-0.39, 0.29) is 24.6 Å². The van der Waals surface area contributed by atoms with E-state index in [4.69, 9.17) is 5.26 Å². The Morgan fingerprint density at radius 2 is 1.74 bits per heavy atom. The summed E-state index contributed by atoms with van der Waals surface area (Å²) in [7, 11) is 0. The third-order valence-corrected chi connectivity index (χ3v) is 3.00. The predicted molar refractivity (Wildman–Crippen MR) is 79.2 cm³/mol. The fraction of sp³-hybridized carbons (Fsp3) is 0.125. The number of nitrogens with zero attached hydrogens (tertiary/aromatic N) is 1. The normalized spacial score (nSPS) is 10.0. The van der Waals surface area contributed by atoms with Gasteiger partial charge in [0.1, 0.15) is 0 Å². The molecule has 0 atom stereocenters. The van der Waals surface area contributed by atoms with E-state index in [1.165, 1.54) is 0 Å². The standard InChI is InChI=1S/C16H12F3N3O/c17-12-5-6-13(16(19)15(12)18)21-8-7-14(23)22-11-3-1-10(9-20)2-4-11/h1-6,21H,7-8H2,(H,22,23). The summed E-state index contributed by atoms with van der Waals surface area (Å²) < 4.78 is 39.2. The van der Waals surface area contributed by atoms with Crippen molar-refractivity contribution in [1.29, 1.82) is 5.26 Å². The van der Waals surface area contributed by atoms with Gasteiger partial charge in [-0.15, -0.1) is 0 Å². The average Bonchev–Trinajstić information content (AvgIpc) is 2.55. The number of carbonyl (C=O) groups excluding carboxylic acids is 1. The zero-order chi connectivity index (χ0) is 16.8. The molecule has 2 aromatic carbocycles. The van der Waals surface area contributed by atoms with Crippen LogP contribution < -0.4 is 10.6 Å². The maximum absolute atomic E-state index is 13.4. The summed E-state index contributed by atoms with van der Waals surface area (Å²) in [5, 5.41) is 13.8. The number of nitrogens with one attached hydrogen (secondary N) is 2. The van der Waals surface area contributed by atoms with E-state index in [1.807, 2.05) is 6.07 Å². The van der Waals surface area contributed by atoms with E-state index < -0.39 is 17.5 Å². The number of halogens is 3. The van der Waals surface area contributed by atoms with Crippen molar-refractivity contribution in [2.24, 2.45) is 0 Å². The van der Waals surface area contributed by atoms with Crippen LogP contribution in [0.2, 0.25) is 0 Å². The fourth-order valence-electron chi connectivity index (χ4n) is 1.82. The van der Waals surface area contributed by atoms with Crippen LogP contribution in [-0.4, -0.2) is 12.5 Å². The first-order valence-corrected chi connectivity index (χ1v) is 6.68. The van der Waals surface area contributed by atoms with Gasteiger partial charge in [-0.3, -0.25) is 4.79 Å². The molecule has 4 nitrogen and oxygen atoms in total. The van der Waals surface area contributed by atoms with Gasteiger partial charge in [-0.1, -0.05) is 0 Å². The smallest absolute Gasteiger partial charge is 0.226 e. The molecule has 118 valence electrons. The van der Waals surface area contributed by atoms with Crippen LogP contribution in [0.3, 0.4) is 0 Å². The van der Waals surface area contributed by atoms with E-state index in [0.717, 1.165) is 12.1 Å². The van der Waals surface area contributed by atoms with Crippen LogP contribution in [0.5, 0.6) is 0 Å². The van der Waals surface area contributed by atoms with Crippen molar-refractivity contribution < 1.29 is 18.0 Å². The van der Waals surface area contributed by atoms with Crippen molar-refractivity contribution in [3.8, 4) is 6.07 Å². The van der Waals surface area contributed by atoms with Crippen molar-refractivity contribution in [2.75, 3.05) is 17.2 Å². The lowest BCUT2D eigenvalue weighted by molar-refractivity contribution is -0.115. The van der Waals surface area contributed by atoms with Crippen LogP contribution in [0.1, 0.15) is 12.0 Å². The first kappa shape index (κ1) is 16.4. The zero-order valence-electron chi connectivity index (χ0n) is 11.9. The van der Waals surface area contributed by atoms with Crippen LogP contribution in [-0.2, 0) is 4.79 Å². The second-order valence-electron chi connectivity index (χ2n) is 4.64. The molecule has 0 bridgehead atoms. The van der Waals surface area contributed by atoms with E-state index >= 15 is 0 Å². The van der Waals surface area contributed by atoms with Crippen LogP contribution >= 0.6 is 0 Å². The summed E-state index contributed by atoms with van der Waals surface area (Å²) in [6, 6.07) is 10.1. The predicted octanol–water partition coefficient (Wildman–Crippen LogP) is 3.42. The molecule has 0 aliphatic carbocycles. The molecule has 0 radical (unpaired) electrons. The van der Waals surface area contributed by atoms with Gasteiger partial charge in [0.15, 0.2) is 17.5 Å². The Morgan fingerprint density at radius 1 is 1.04 bits per heavy atom. The molecule has 23 heavy (non-hydrogen) atoms. The number of amides is 1. The second kappa shape index (κ2) is 7.31. The molecule has 0 saturated heterocycles. The Morgan fingerprint density at radius 3 is 2.39 bits per heavy atom. The second-order valence-corrected chi connectivity index (χ2v) is 4.64. The topological polar surface area (TPSA) is 64.9 Å². The molecule has 2 aromatic rings. The molecule has 7 heteroatoms. The van der Waals surface area contributed by atoms with Crippen LogP contribution in [0, 0.1) is 28.8 Å². The lowest BCUT2D eigenvalue weighted by Gasteiger charge is -2.09. The monoisotopic (exact) mass is 319 g/mol. The summed E-state index contributed by atoms with van der Waals surface area (Å²) >= 11 is 0. The molecule has 0 saturated carbocycles. The van der Waals surface area contributed by atoms with Gasteiger partial charge < -0.3 is 10.6 Å². The number of anilines is 2. The van der Waals surface area contributed by atoms with Gasteiger partial charge in [0.25, 0.3) is 0 Å². The molecule has 0 spiro atoms. The van der Waals surface area contributed by atoms with Gasteiger partial charge in [-0.25, -0.2) is 13.2 Å². The average molecular weight is 319 g/mol. The summed E-state index contributed by atoms with van der Waals surface area (Å²) in [5.74, 6) is -4.49. The maximum atomic E-state index is 13.4. The van der Waals surface area contributed by atoms with Crippen molar-refractivity contribution in [3.05, 3.63) is 59.4 Å². The number of hydrogen-bond donors (Lipinski definition) is 2. The van der Waals surface area contributed by atoms with Gasteiger partial charge in [0, 0.05) is 18.7 Å². The minimum absolute atomic E-state index is 0.00155. The van der Waals surface area contributed by atoms with Gasteiger partial charge in [0.05, 0.1) is 17.3 Å². The van der Waals surface area contributed by atoms with Crippen LogP contribution in [0.25, 0.3) is 0 Å². The highest BCUT2D eigenvalue weighted by Gasteiger charge is 2.13. The van der Waals surface area contributed by atoms with Gasteiger partial charge >= 0.3 is 0 Å². The molecule has 0 aromatic heterocycles. The Kier molecular flexibility index (Phi) is 5.20. The summed E-state index contributed by atoms with van der Waals surface area (Å²) in [6.07, 6.45) is -0.00155. The largest absolute Gasteiger partial charge is 0.382 e. The Hall–Kier alpha value is -3.01. The molecule has 0 aliphatic heterocycles. The third-order valence-electron chi connectivity index (χ3n) is 3.00. The molecule has 0 aliphatic rings. The van der Waals surface area contributed by atoms with Gasteiger partial charge in [-0.05, 0) is 36.4 Å². The molecular formula is C16H12F3N3O. The van der Waals surface area contributed by atoms with Crippen molar-refractivity contribution in [3.63, 3.8) is 0 Å². The van der Waals surface area contributed by atoms with Crippen LogP contribution in [0.4, 0.5) is 24.5 Å². The highest BCUT2D eigenvalue weighted by atomic mass is 19.2. The highest BCUT2D eigenvalue weighted by molar-refractivity contribution is 5.91. The summed E-state index contributed by atoms with van der Waals surface area (Å²) in [5.41, 5.74) is 0.779. The molecule has 0 heterocycles. The first-order chi connectivity index (χ1) is 11.0. The summed E-state index contributed by atoms with van der Waals surface area (Å²) in [4.78, 5) is 11.7. The molecule has 0 fully saturated rings. The number of benzene rings is 2. The molecule has 1 amide bonds. The maximum Gasteiger partial charge on any atom is 0.226 e. The van der Waals surface area contributed by atoms with Crippen molar-refractivity contribution in [2.45, 2.75) is 6.42 Å². The fourth-order valence-corrected chi connectivity index (χ4v) is 1.82. The molecule has 0 unspecified atom stereocenters. The lowest BCUT2D eigenvalue weighted by atomic mass is 10.2. The SMILES string of the molecule is N#Cc1ccc(NC(=O)CCNc2ccc(F)c(F)c2F)cc1. The third kappa shape index (κ3) is 4.23. The number of rotatable bonds is 5. The lowest BCUT2D eigenvalue weighted by Crippen LogP contribution is -2.16. The molecular weight excluding hydrogens is 307 g/mol. The molecule has 2 rings (SSSR count). The Balaban J connectivity index is 1.85. The number of hydrogen-bond acceptors (Lipinski definition) is 3. The van der Waals surface area contributed by atoms with E-state index in [2.05, 4.69) is 10.6 Å². The van der Waals surface area contributed by atoms with E-state index in [9.17, 15) is 18.0 Å². The number of carbonyl (C=O) groups is 1. The van der Waals surface area contributed by atoms with Gasteiger partial charge in [0.2, 0.25) is 5.91 Å². The minimum Gasteiger partial charge on any atom is -0.382 e. The Labute approximate surface area is 130 Å². The number of nitriles is 1. The first-order valence-electron chi connectivity index (χ1n) is 6.68.